The number of hydrogen-bond acceptors (Lipinski definition) is 2. The van der Waals surface area contributed by atoms with Crippen LogP contribution in [0.4, 0.5) is 0 Å². The van der Waals surface area contributed by atoms with Crippen molar-refractivity contribution in [2.75, 3.05) is 13.7 Å². The number of rotatable bonds is 2. The highest BCUT2D eigenvalue weighted by Gasteiger charge is 2.26. The number of aryl methyl sites for hydroxylation is 1. The van der Waals surface area contributed by atoms with Gasteiger partial charge >= 0.3 is 0 Å². The highest BCUT2D eigenvalue weighted by molar-refractivity contribution is 9.10. The zero-order valence-corrected chi connectivity index (χ0v) is 11.8. The lowest BCUT2D eigenvalue weighted by atomic mass is 9.98. The molecule has 1 aliphatic heterocycles. The topological polar surface area (TPSA) is 21.3 Å². The maximum Gasteiger partial charge on any atom is 0.138 e. The van der Waals surface area contributed by atoms with E-state index in [1.165, 1.54) is 53.3 Å². The fourth-order valence-electron chi connectivity index (χ4n) is 3.11. The average Bonchev–Trinajstić information content (AvgIpc) is 2.99. The van der Waals surface area contributed by atoms with Crippen molar-refractivity contribution in [1.29, 1.82) is 0 Å². The van der Waals surface area contributed by atoms with Crippen LogP contribution in [-0.4, -0.2) is 13.7 Å². The first-order valence-corrected chi connectivity index (χ1v) is 7.22. The molecule has 1 aromatic carbocycles. The second kappa shape index (κ2) is 4.62. The quantitative estimate of drug-likeness (QED) is 0.903. The van der Waals surface area contributed by atoms with Crippen LogP contribution in [0.2, 0.25) is 0 Å². The molecule has 3 heteroatoms. The van der Waals surface area contributed by atoms with Crippen LogP contribution in [0.25, 0.3) is 0 Å². The third-order valence-electron chi connectivity index (χ3n) is 3.96. The average molecular weight is 296 g/mol. The molecule has 1 heterocycles. The van der Waals surface area contributed by atoms with Crippen LogP contribution in [0.5, 0.6) is 5.75 Å². The van der Waals surface area contributed by atoms with Crippen LogP contribution >= 0.6 is 15.9 Å². The minimum atomic E-state index is 0.479. The van der Waals surface area contributed by atoms with Gasteiger partial charge in [-0.15, -0.1) is 0 Å². The zero-order chi connectivity index (χ0) is 11.8. The smallest absolute Gasteiger partial charge is 0.138 e. The van der Waals surface area contributed by atoms with Crippen LogP contribution in [0.15, 0.2) is 10.5 Å². The molecule has 0 radical (unpaired) electrons. The van der Waals surface area contributed by atoms with Gasteiger partial charge in [-0.1, -0.05) is 6.07 Å². The summed E-state index contributed by atoms with van der Waals surface area (Å²) in [5.41, 5.74) is 4.32. The van der Waals surface area contributed by atoms with E-state index < -0.39 is 0 Å². The molecule has 1 unspecified atom stereocenters. The van der Waals surface area contributed by atoms with Gasteiger partial charge < -0.3 is 10.1 Å². The molecule has 1 atom stereocenters. The Morgan fingerprint density at radius 3 is 2.94 bits per heavy atom. The molecule has 0 bridgehead atoms. The van der Waals surface area contributed by atoms with E-state index in [1.807, 2.05) is 0 Å². The molecule has 17 heavy (non-hydrogen) atoms. The summed E-state index contributed by atoms with van der Waals surface area (Å²) in [6, 6.07) is 2.85. The van der Waals surface area contributed by atoms with Crippen molar-refractivity contribution in [1.82, 2.24) is 5.32 Å². The summed E-state index contributed by atoms with van der Waals surface area (Å²) in [5.74, 6) is 1.05. The van der Waals surface area contributed by atoms with Gasteiger partial charge in [0.2, 0.25) is 0 Å². The van der Waals surface area contributed by atoms with E-state index in [1.54, 1.807) is 7.11 Å². The number of ether oxygens (including phenoxy) is 1. The summed E-state index contributed by atoms with van der Waals surface area (Å²) in [6.45, 7) is 1.13. The van der Waals surface area contributed by atoms with Crippen molar-refractivity contribution in [3.63, 3.8) is 0 Å². The van der Waals surface area contributed by atoms with Gasteiger partial charge in [-0.25, -0.2) is 0 Å². The molecule has 1 fully saturated rings. The van der Waals surface area contributed by atoms with Gasteiger partial charge in [-0.3, -0.25) is 0 Å². The summed E-state index contributed by atoms with van der Waals surface area (Å²) in [5, 5.41) is 3.57. The van der Waals surface area contributed by atoms with E-state index in [4.69, 9.17) is 4.74 Å². The largest absolute Gasteiger partial charge is 0.495 e. The number of benzene rings is 1. The van der Waals surface area contributed by atoms with Gasteiger partial charge in [0.15, 0.2) is 0 Å². The fraction of sp³-hybridized carbons (Fsp3) is 0.571. The van der Waals surface area contributed by atoms with Crippen molar-refractivity contribution in [2.45, 2.75) is 38.1 Å². The molecule has 1 aromatic rings. The van der Waals surface area contributed by atoms with E-state index in [-0.39, 0.29) is 0 Å². The number of methoxy groups -OCH3 is 1. The van der Waals surface area contributed by atoms with Crippen LogP contribution in [0, 0.1) is 0 Å². The summed E-state index contributed by atoms with van der Waals surface area (Å²) < 4.78 is 6.82. The Labute approximate surface area is 111 Å². The molecule has 1 aliphatic carbocycles. The SMILES string of the molecule is COc1c(C2CCCN2)cc2c(c1Br)CCC2. The summed E-state index contributed by atoms with van der Waals surface area (Å²) >= 11 is 3.74. The van der Waals surface area contributed by atoms with Gasteiger partial charge in [0.05, 0.1) is 11.6 Å². The van der Waals surface area contributed by atoms with E-state index >= 15 is 0 Å². The minimum absolute atomic E-state index is 0.479. The molecular formula is C14H18BrNO. The van der Waals surface area contributed by atoms with Gasteiger partial charge in [0.1, 0.15) is 5.75 Å². The van der Waals surface area contributed by atoms with Crippen molar-refractivity contribution < 1.29 is 4.74 Å². The number of hydrogen-bond donors (Lipinski definition) is 1. The third-order valence-corrected chi connectivity index (χ3v) is 4.80. The van der Waals surface area contributed by atoms with Crippen LogP contribution in [-0.2, 0) is 12.8 Å². The number of nitrogens with one attached hydrogen (secondary N) is 1. The van der Waals surface area contributed by atoms with Gasteiger partial charge in [-0.2, -0.15) is 0 Å². The lowest BCUT2D eigenvalue weighted by molar-refractivity contribution is 0.400. The third kappa shape index (κ3) is 1.89. The van der Waals surface area contributed by atoms with Crippen molar-refractivity contribution >= 4 is 15.9 Å². The first-order chi connectivity index (χ1) is 8.31. The molecule has 0 saturated carbocycles. The molecule has 2 nitrogen and oxygen atoms in total. The molecule has 0 spiro atoms. The van der Waals surface area contributed by atoms with E-state index in [9.17, 15) is 0 Å². The van der Waals surface area contributed by atoms with Crippen LogP contribution in [0.1, 0.15) is 42.0 Å². The van der Waals surface area contributed by atoms with Crippen LogP contribution in [0.3, 0.4) is 0 Å². The second-order valence-electron chi connectivity index (χ2n) is 4.95. The van der Waals surface area contributed by atoms with Crippen molar-refractivity contribution in [2.24, 2.45) is 0 Å². The highest BCUT2D eigenvalue weighted by atomic mass is 79.9. The number of halogens is 1. The molecule has 0 amide bonds. The van der Waals surface area contributed by atoms with Gasteiger partial charge in [-0.05, 0) is 65.7 Å². The van der Waals surface area contributed by atoms with E-state index in [0.717, 1.165) is 12.3 Å². The Morgan fingerprint density at radius 1 is 1.35 bits per heavy atom. The molecule has 1 saturated heterocycles. The first kappa shape index (κ1) is 11.5. The van der Waals surface area contributed by atoms with Crippen molar-refractivity contribution in [3.05, 3.63) is 27.2 Å². The summed E-state index contributed by atoms with van der Waals surface area (Å²) in [6.07, 6.45) is 6.17. The Balaban J connectivity index is 2.10. The normalized spacial score (nSPS) is 22.8. The fourth-order valence-corrected chi connectivity index (χ4v) is 3.95. The Kier molecular flexibility index (Phi) is 3.14. The van der Waals surface area contributed by atoms with Crippen LogP contribution < -0.4 is 10.1 Å². The van der Waals surface area contributed by atoms with E-state index in [2.05, 4.69) is 27.3 Å². The lowest BCUT2D eigenvalue weighted by Gasteiger charge is -2.19. The molecule has 0 aromatic heterocycles. The standard InChI is InChI=1S/C14H18BrNO/c1-17-14-11(12-6-3-7-16-12)8-9-4-2-5-10(9)13(14)15/h8,12,16H,2-7H2,1H3. The van der Waals surface area contributed by atoms with E-state index in [0.29, 0.717) is 6.04 Å². The molecular weight excluding hydrogens is 278 g/mol. The molecule has 92 valence electrons. The van der Waals surface area contributed by atoms with Gasteiger partial charge in [0.25, 0.3) is 0 Å². The zero-order valence-electron chi connectivity index (χ0n) is 10.2. The lowest BCUT2D eigenvalue weighted by Crippen LogP contribution is -2.14. The Hall–Kier alpha value is -0.540. The molecule has 2 aliphatic rings. The second-order valence-corrected chi connectivity index (χ2v) is 5.75. The summed E-state index contributed by atoms with van der Waals surface area (Å²) in [7, 11) is 1.78. The molecule has 1 N–H and O–H groups in total. The predicted molar refractivity (Wildman–Crippen MR) is 72.7 cm³/mol. The predicted octanol–water partition coefficient (Wildman–Crippen LogP) is 3.37. The van der Waals surface area contributed by atoms with Gasteiger partial charge in [0, 0.05) is 11.6 Å². The Morgan fingerprint density at radius 2 is 2.24 bits per heavy atom. The maximum absolute atomic E-state index is 5.63. The molecule has 3 rings (SSSR count). The maximum atomic E-state index is 5.63. The number of fused-ring (bicyclic) bond motifs is 1. The Bertz CT molecular complexity index is 438. The first-order valence-electron chi connectivity index (χ1n) is 6.42. The highest BCUT2D eigenvalue weighted by Crippen LogP contribution is 2.42. The van der Waals surface area contributed by atoms with Crippen molar-refractivity contribution in [3.8, 4) is 5.75 Å². The minimum Gasteiger partial charge on any atom is -0.495 e. The summed E-state index contributed by atoms with van der Waals surface area (Å²) in [4.78, 5) is 0. The monoisotopic (exact) mass is 295 g/mol.